The maximum absolute atomic E-state index is 13.4. The predicted molar refractivity (Wildman–Crippen MR) is 147 cm³/mol. The maximum atomic E-state index is 13.4. The normalized spacial score (nSPS) is 16.8. The second-order valence-electron chi connectivity index (χ2n) is 9.83. The van der Waals surface area contributed by atoms with Crippen molar-refractivity contribution in [2.24, 2.45) is 5.92 Å². The molecule has 3 aromatic rings. The van der Waals surface area contributed by atoms with Crippen LogP contribution >= 0.6 is 0 Å². The Bertz CT molecular complexity index is 1310. The number of hydrogen-bond acceptors (Lipinski definition) is 6. The van der Waals surface area contributed by atoms with Crippen LogP contribution in [0.15, 0.2) is 78.4 Å². The lowest BCUT2D eigenvalue weighted by atomic mass is 9.95. The number of carbonyl (C=O) groups is 2. The zero-order valence-electron chi connectivity index (χ0n) is 22.3. The number of rotatable bonds is 9. The summed E-state index contributed by atoms with van der Waals surface area (Å²) in [5, 5.41) is 11.3. The Morgan fingerprint density at radius 3 is 1.97 bits per heavy atom. The number of Topliss-reactive ketones (excluding diaryl/α,β-unsaturated/α-hetero) is 1. The highest BCUT2D eigenvalue weighted by Gasteiger charge is 2.47. The number of aliphatic hydroxyl groups excluding tert-OH is 1. The summed E-state index contributed by atoms with van der Waals surface area (Å²) in [5.41, 5.74) is 1.60. The number of carbonyl (C=O) groups excluding carboxylic acids is 2. The number of methoxy groups -OCH3 is 1. The molecule has 3 aromatic carbocycles. The van der Waals surface area contributed by atoms with Gasteiger partial charge in [0.05, 0.1) is 31.4 Å². The summed E-state index contributed by atoms with van der Waals surface area (Å²) in [6.07, 6.45) is -0.00277. The Hall–Kier alpha value is -4.26. The number of amides is 1. The number of ketones is 1. The topological polar surface area (TPSA) is 85.3 Å². The van der Waals surface area contributed by atoms with Crippen molar-refractivity contribution >= 4 is 23.1 Å². The molecule has 1 aliphatic rings. The highest BCUT2D eigenvalue weighted by Crippen LogP contribution is 2.43. The standard InChI is InChI=1S/C31H33NO6/c1-19(2)18-37-25-16-10-23(11-17-25)32-28(21-6-12-24(36-5)13-7-21)27(30(34)31(32)35)29(33)22-8-14-26(15-9-22)38-20(3)4/h6-17,19-20,28,33H,18H2,1-5H3/b29-27+. The molecule has 1 fully saturated rings. The quantitative estimate of drug-likeness (QED) is 0.209. The number of ether oxygens (including phenoxy) is 3. The third-order valence-corrected chi connectivity index (χ3v) is 6.07. The van der Waals surface area contributed by atoms with Gasteiger partial charge in [-0.3, -0.25) is 14.5 Å². The first-order chi connectivity index (χ1) is 18.2. The van der Waals surface area contributed by atoms with Crippen molar-refractivity contribution in [1.82, 2.24) is 0 Å². The van der Waals surface area contributed by atoms with Crippen LogP contribution in [-0.4, -0.2) is 36.6 Å². The van der Waals surface area contributed by atoms with Gasteiger partial charge in [0.15, 0.2) is 0 Å². The lowest BCUT2D eigenvalue weighted by Crippen LogP contribution is -2.29. The van der Waals surface area contributed by atoms with Crippen LogP contribution in [-0.2, 0) is 9.59 Å². The molecule has 38 heavy (non-hydrogen) atoms. The first-order valence-electron chi connectivity index (χ1n) is 12.6. The largest absolute Gasteiger partial charge is 0.507 e. The minimum Gasteiger partial charge on any atom is -0.507 e. The van der Waals surface area contributed by atoms with Gasteiger partial charge in [0.25, 0.3) is 11.7 Å². The molecule has 1 amide bonds. The second kappa shape index (κ2) is 11.4. The number of benzene rings is 3. The van der Waals surface area contributed by atoms with Gasteiger partial charge in [-0.2, -0.15) is 0 Å². The molecule has 1 N–H and O–H groups in total. The van der Waals surface area contributed by atoms with Gasteiger partial charge in [0.2, 0.25) is 0 Å². The summed E-state index contributed by atoms with van der Waals surface area (Å²) in [4.78, 5) is 28.2. The number of aliphatic hydroxyl groups is 1. The van der Waals surface area contributed by atoms with Crippen LogP contribution in [0.3, 0.4) is 0 Å². The summed E-state index contributed by atoms with van der Waals surface area (Å²) >= 11 is 0. The van der Waals surface area contributed by atoms with Gasteiger partial charge in [-0.1, -0.05) is 26.0 Å². The van der Waals surface area contributed by atoms with Crippen LogP contribution in [0.4, 0.5) is 5.69 Å². The molecule has 7 nitrogen and oxygen atoms in total. The van der Waals surface area contributed by atoms with E-state index < -0.39 is 17.7 Å². The van der Waals surface area contributed by atoms with Gasteiger partial charge in [-0.15, -0.1) is 0 Å². The highest BCUT2D eigenvalue weighted by atomic mass is 16.5. The van der Waals surface area contributed by atoms with Crippen molar-refractivity contribution in [3.63, 3.8) is 0 Å². The smallest absolute Gasteiger partial charge is 0.300 e. The summed E-state index contributed by atoms with van der Waals surface area (Å²) in [6.45, 7) is 8.54. The van der Waals surface area contributed by atoms with Crippen LogP contribution in [0.1, 0.15) is 44.9 Å². The fraction of sp³-hybridized carbons (Fsp3) is 0.290. The van der Waals surface area contributed by atoms with Crippen LogP contribution in [0.2, 0.25) is 0 Å². The molecule has 7 heteroatoms. The van der Waals surface area contributed by atoms with Crippen molar-refractivity contribution in [2.75, 3.05) is 18.6 Å². The van der Waals surface area contributed by atoms with Crippen LogP contribution in [0, 0.1) is 5.92 Å². The lowest BCUT2D eigenvalue weighted by Gasteiger charge is -2.26. The summed E-state index contributed by atoms with van der Waals surface area (Å²) < 4.78 is 16.8. The molecule has 1 atom stereocenters. The average Bonchev–Trinajstić information content (AvgIpc) is 3.17. The van der Waals surface area contributed by atoms with E-state index >= 15 is 0 Å². The molecule has 1 heterocycles. The zero-order chi connectivity index (χ0) is 27.4. The molecule has 0 bridgehead atoms. The Labute approximate surface area is 223 Å². The molecule has 0 aromatic heterocycles. The van der Waals surface area contributed by atoms with Crippen molar-refractivity contribution in [1.29, 1.82) is 0 Å². The molecule has 1 saturated heterocycles. The Morgan fingerprint density at radius 1 is 0.842 bits per heavy atom. The van der Waals surface area contributed by atoms with Gasteiger partial charge in [-0.05, 0) is 86.0 Å². The highest BCUT2D eigenvalue weighted by molar-refractivity contribution is 6.51. The second-order valence-corrected chi connectivity index (χ2v) is 9.83. The van der Waals surface area contributed by atoms with E-state index in [0.717, 1.165) is 0 Å². The predicted octanol–water partition coefficient (Wildman–Crippen LogP) is 6.14. The Morgan fingerprint density at radius 2 is 1.42 bits per heavy atom. The van der Waals surface area contributed by atoms with E-state index in [4.69, 9.17) is 14.2 Å². The van der Waals surface area contributed by atoms with E-state index in [0.29, 0.717) is 46.6 Å². The van der Waals surface area contributed by atoms with Crippen LogP contribution in [0.25, 0.3) is 5.76 Å². The molecule has 0 spiro atoms. The zero-order valence-corrected chi connectivity index (χ0v) is 22.3. The van der Waals surface area contributed by atoms with Crippen molar-refractivity contribution < 1.29 is 28.9 Å². The van der Waals surface area contributed by atoms with Gasteiger partial charge in [-0.25, -0.2) is 0 Å². The molecule has 0 saturated carbocycles. The van der Waals surface area contributed by atoms with Crippen molar-refractivity contribution in [2.45, 2.75) is 39.8 Å². The van der Waals surface area contributed by atoms with Crippen molar-refractivity contribution in [3.8, 4) is 17.2 Å². The molecule has 0 radical (unpaired) electrons. The van der Waals surface area contributed by atoms with E-state index in [1.165, 1.54) is 4.90 Å². The van der Waals surface area contributed by atoms with E-state index in [1.54, 1.807) is 79.9 Å². The summed E-state index contributed by atoms with van der Waals surface area (Å²) in [7, 11) is 1.57. The van der Waals surface area contributed by atoms with E-state index in [-0.39, 0.29) is 17.4 Å². The van der Waals surface area contributed by atoms with E-state index in [1.807, 2.05) is 13.8 Å². The fourth-order valence-corrected chi connectivity index (χ4v) is 4.29. The number of nitrogens with zero attached hydrogens (tertiary/aromatic N) is 1. The van der Waals surface area contributed by atoms with Crippen LogP contribution < -0.4 is 19.1 Å². The first kappa shape index (κ1) is 26.8. The number of hydrogen-bond donors (Lipinski definition) is 1. The van der Waals surface area contributed by atoms with E-state index in [9.17, 15) is 14.7 Å². The first-order valence-corrected chi connectivity index (χ1v) is 12.6. The molecule has 0 aliphatic carbocycles. The van der Waals surface area contributed by atoms with Gasteiger partial charge in [0.1, 0.15) is 23.0 Å². The minimum atomic E-state index is -0.838. The summed E-state index contributed by atoms with van der Waals surface area (Å²) in [5.74, 6) is 0.590. The third kappa shape index (κ3) is 5.67. The minimum absolute atomic E-state index is 0.00277. The fourth-order valence-electron chi connectivity index (χ4n) is 4.29. The lowest BCUT2D eigenvalue weighted by molar-refractivity contribution is -0.132. The Kier molecular flexibility index (Phi) is 8.05. The molecular weight excluding hydrogens is 482 g/mol. The molecule has 198 valence electrons. The van der Waals surface area contributed by atoms with E-state index in [2.05, 4.69) is 13.8 Å². The maximum Gasteiger partial charge on any atom is 0.300 e. The summed E-state index contributed by atoms with van der Waals surface area (Å²) in [6, 6.07) is 20.1. The number of anilines is 1. The van der Waals surface area contributed by atoms with Gasteiger partial charge in [0, 0.05) is 11.3 Å². The third-order valence-electron chi connectivity index (χ3n) is 6.07. The molecular formula is C31H33NO6. The monoisotopic (exact) mass is 515 g/mol. The molecule has 1 unspecified atom stereocenters. The SMILES string of the molecule is COc1ccc(C2/C(=C(\O)c3ccc(OC(C)C)cc3)C(=O)C(=O)N2c2ccc(OCC(C)C)cc2)cc1. The van der Waals surface area contributed by atoms with Gasteiger partial charge >= 0.3 is 0 Å². The Balaban J connectivity index is 1.78. The molecule has 4 rings (SSSR count). The van der Waals surface area contributed by atoms with Crippen molar-refractivity contribution in [3.05, 3.63) is 89.5 Å². The average molecular weight is 516 g/mol. The van der Waals surface area contributed by atoms with Gasteiger partial charge < -0.3 is 19.3 Å². The van der Waals surface area contributed by atoms with Crippen LogP contribution in [0.5, 0.6) is 17.2 Å². The molecule has 1 aliphatic heterocycles.